The average Bonchev–Trinajstić information content (AvgIpc) is 2.82. The molecule has 0 aliphatic heterocycles. The summed E-state index contributed by atoms with van der Waals surface area (Å²) < 4.78 is 11.2. The lowest BCUT2D eigenvalue weighted by atomic mass is 10.1. The summed E-state index contributed by atoms with van der Waals surface area (Å²) in [7, 11) is 0. The Balaban J connectivity index is 1.67. The maximum Gasteiger partial charge on any atom is 0.266 e. The first-order valence-corrected chi connectivity index (χ1v) is 10.4. The zero-order valence-corrected chi connectivity index (χ0v) is 18.7. The van der Waals surface area contributed by atoms with E-state index in [1.807, 2.05) is 37.3 Å². The minimum Gasteiger partial charge on any atom is -0.489 e. The van der Waals surface area contributed by atoms with Gasteiger partial charge in [-0.15, -0.1) is 6.42 Å². The van der Waals surface area contributed by atoms with Gasteiger partial charge in [-0.25, -0.2) is 0 Å². The van der Waals surface area contributed by atoms with Crippen LogP contribution >= 0.6 is 11.6 Å². The molecule has 3 aromatic rings. The number of hydrogen-bond acceptors (Lipinski definition) is 4. The van der Waals surface area contributed by atoms with Gasteiger partial charge in [0.05, 0.1) is 0 Å². The molecule has 0 bridgehead atoms. The number of hydrogen-bond donors (Lipinski definition) is 1. The van der Waals surface area contributed by atoms with E-state index in [0.29, 0.717) is 34.4 Å². The number of aryl methyl sites for hydroxylation is 1. The van der Waals surface area contributed by atoms with E-state index >= 15 is 0 Å². The van der Waals surface area contributed by atoms with Crippen molar-refractivity contribution in [1.82, 2.24) is 0 Å². The summed E-state index contributed by atoms with van der Waals surface area (Å²) >= 11 is 6.05. The maximum absolute atomic E-state index is 12.6. The molecule has 0 unspecified atom stereocenters. The van der Waals surface area contributed by atoms with Gasteiger partial charge in [-0.3, -0.25) is 4.79 Å². The molecule has 0 saturated carbocycles. The molecule has 0 spiro atoms. The molecule has 6 heteroatoms. The molecule has 164 valence electrons. The highest BCUT2D eigenvalue weighted by molar-refractivity contribution is 6.30. The predicted molar refractivity (Wildman–Crippen MR) is 130 cm³/mol. The number of rotatable bonds is 8. The third-order valence-corrected chi connectivity index (χ3v) is 4.82. The summed E-state index contributed by atoms with van der Waals surface area (Å²) in [6.45, 7) is 2.53. The van der Waals surface area contributed by atoms with E-state index in [0.717, 1.165) is 5.56 Å². The predicted octanol–water partition coefficient (Wildman–Crippen LogP) is 5.79. The van der Waals surface area contributed by atoms with Crippen LogP contribution in [0.4, 0.5) is 5.69 Å². The van der Waals surface area contributed by atoms with Crippen LogP contribution in [-0.4, -0.2) is 12.5 Å². The largest absolute Gasteiger partial charge is 0.489 e. The lowest BCUT2D eigenvalue weighted by Gasteiger charge is -2.09. The summed E-state index contributed by atoms with van der Waals surface area (Å²) in [5.41, 5.74) is 3.15. The summed E-state index contributed by atoms with van der Waals surface area (Å²) in [4.78, 5) is 12.6. The molecule has 0 aliphatic rings. The SMILES string of the molecule is C#CCOc1ccc(Cl)cc1/C=C(\C#N)C(=O)Nc1ccc(OCc2ccc(C)cc2)cc1. The van der Waals surface area contributed by atoms with Crippen molar-refractivity contribution in [1.29, 1.82) is 5.26 Å². The molecule has 3 aromatic carbocycles. The molecule has 3 rings (SSSR count). The Morgan fingerprint density at radius 3 is 2.48 bits per heavy atom. The zero-order chi connectivity index (χ0) is 23.6. The Morgan fingerprint density at radius 2 is 1.82 bits per heavy atom. The van der Waals surface area contributed by atoms with Crippen LogP contribution < -0.4 is 14.8 Å². The first kappa shape index (κ1) is 23.5. The van der Waals surface area contributed by atoms with E-state index in [1.54, 1.807) is 42.5 Å². The molecule has 33 heavy (non-hydrogen) atoms. The van der Waals surface area contributed by atoms with Crippen molar-refractivity contribution < 1.29 is 14.3 Å². The lowest BCUT2D eigenvalue weighted by molar-refractivity contribution is -0.112. The van der Waals surface area contributed by atoms with Crippen molar-refractivity contribution in [3.05, 3.63) is 94.0 Å². The number of benzene rings is 3. The Hall–Kier alpha value is -4.19. The Kier molecular flexibility index (Phi) is 8.13. The van der Waals surface area contributed by atoms with Crippen molar-refractivity contribution >= 4 is 29.3 Å². The number of terminal acetylenes is 1. The van der Waals surface area contributed by atoms with E-state index in [2.05, 4.69) is 11.2 Å². The van der Waals surface area contributed by atoms with Crippen molar-refractivity contribution in [3.8, 4) is 29.9 Å². The van der Waals surface area contributed by atoms with Gasteiger partial charge in [0.25, 0.3) is 5.91 Å². The van der Waals surface area contributed by atoms with Crippen LogP contribution in [0, 0.1) is 30.6 Å². The van der Waals surface area contributed by atoms with Gasteiger partial charge in [0.1, 0.15) is 36.4 Å². The van der Waals surface area contributed by atoms with Gasteiger partial charge in [-0.05, 0) is 61.0 Å². The third-order valence-electron chi connectivity index (χ3n) is 4.59. The minimum absolute atomic E-state index is 0.0505. The number of nitrogens with one attached hydrogen (secondary N) is 1. The molecule has 0 atom stereocenters. The van der Waals surface area contributed by atoms with E-state index in [4.69, 9.17) is 27.5 Å². The van der Waals surface area contributed by atoms with Crippen LogP contribution in [0.3, 0.4) is 0 Å². The zero-order valence-electron chi connectivity index (χ0n) is 18.0. The summed E-state index contributed by atoms with van der Waals surface area (Å²) in [5, 5.41) is 12.7. The van der Waals surface area contributed by atoms with E-state index in [9.17, 15) is 10.1 Å². The number of anilines is 1. The molecule has 0 fully saturated rings. The van der Waals surface area contributed by atoms with Gasteiger partial charge >= 0.3 is 0 Å². The number of nitrogens with zero attached hydrogens (tertiary/aromatic N) is 1. The first-order valence-electron chi connectivity index (χ1n) is 10.1. The smallest absolute Gasteiger partial charge is 0.266 e. The van der Waals surface area contributed by atoms with Crippen LogP contribution in [-0.2, 0) is 11.4 Å². The number of carbonyl (C=O) groups excluding carboxylic acids is 1. The molecule has 5 nitrogen and oxygen atoms in total. The second-order valence-corrected chi connectivity index (χ2v) is 7.53. The Bertz CT molecular complexity index is 1230. The topological polar surface area (TPSA) is 71.3 Å². The third kappa shape index (κ3) is 6.90. The second-order valence-electron chi connectivity index (χ2n) is 7.10. The average molecular weight is 457 g/mol. The fourth-order valence-corrected chi connectivity index (χ4v) is 3.05. The highest BCUT2D eigenvalue weighted by Gasteiger charge is 2.12. The number of carbonyl (C=O) groups is 1. The second kappa shape index (κ2) is 11.4. The highest BCUT2D eigenvalue weighted by atomic mass is 35.5. The molecular formula is C27H21ClN2O3. The summed E-state index contributed by atoms with van der Waals surface area (Å²) in [6.07, 6.45) is 6.65. The van der Waals surface area contributed by atoms with Gasteiger partial charge in [0.2, 0.25) is 0 Å². The highest BCUT2D eigenvalue weighted by Crippen LogP contribution is 2.26. The Morgan fingerprint density at radius 1 is 1.09 bits per heavy atom. The minimum atomic E-state index is -0.561. The number of amides is 1. The molecule has 1 amide bonds. The first-order chi connectivity index (χ1) is 16.0. The molecular weight excluding hydrogens is 436 g/mol. The van der Waals surface area contributed by atoms with Gasteiger partial charge in [-0.2, -0.15) is 5.26 Å². The maximum atomic E-state index is 12.6. The molecule has 0 aromatic heterocycles. The van der Waals surface area contributed by atoms with Crippen LogP contribution in [0.25, 0.3) is 6.08 Å². The van der Waals surface area contributed by atoms with E-state index < -0.39 is 5.91 Å². The Labute approximate surface area is 198 Å². The van der Waals surface area contributed by atoms with Crippen molar-refractivity contribution in [2.75, 3.05) is 11.9 Å². The van der Waals surface area contributed by atoms with E-state index in [-0.39, 0.29) is 12.2 Å². The molecule has 1 N–H and O–H groups in total. The number of halogens is 1. The fourth-order valence-electron chi connectivity index (χ4n) is 2.87. The van der Waals surface area contributed by atoms with Crippen LogP contribution in [0.1, 0.15) is 16.7 Å². The van der Waals surface area contributed by atoms with Crippen molar-refractivity contribution in [2.24, 2.45) is 0 Å². The fraction of sp³-hybridized carbons (Fsp3) is 0.111. The molecule has 0 saturated heterocycles. The van der Waals surface area contributed by atoms with Gasteiger partial charge in [0, 0.05) is 16.3 Å². The van der Waals surface area contributed by atoms with Gasteiger partial charge in [0.15, 0.2) is 0 Å². The molecule has 0 radical (unpaired) electrons. The normalized spacial score (nSPS) is 10.6. The van der Waals surface area contributed by atoms with Crippen LogP contribution in [0.2, 0.25) is 5.02 Å². The van der Waals surface area contributed by atoms with Crippen LogP contribution in [0.15, 0.2) is 72.3 Å². The molecule has 0 aliphatic carbocycles. The lowest BCUT2D eigenvalue weighted by Crippen LogP contribution is -2.13. The standard InChI is InChI=1S/C27H21ClN2O3/c1-3-14-32-26-13-8-23(28)16-21(26)15-22(17-29)27(31)30-24-9-11-25(12-10-24)33-18-20-6-4-19(2)5-7-20/h1,4-13,15-16H,14,18H2,2H3,(H,30,31)/b22-15+. The van der Waals surface area contributed by atoms with E-state index in [1.165, 1.54) is 11.6 Å². The van der Waals surface area contributed by atoms with Crippen molar-refractivity contribution in [2.45, 2.75) is 13.5 Å². The monoisotopic (exact) mass is 456 g/mol. The summed E-state index contributed by atoms with van der Waals surface area (Å²) in [5.74, 6) is 2.90. The van der Waals surface area contributed by atoms with Gasteiger partial charge < -0.3 is 14.8 Å². The van der Waals surface area contributed by atoms with Gasteiger partial charge in [-0.1, -0.05) is 47.4 Å². The summed E-state index contributed by atoms with van der Waals surface area (Å²) in [6, 6.07) is 21.8. The molecule has 0 heterocycles. The van der Waals surface area contributed by atoms with Crippen LogP contribution in [0.5, 0.6) is 11.5 Å². The van der Waals surface area contributed by atoms with Crippen molar-refractivity contribution in [3.63, 3.8) is 0 Å². The number of ether oxygens (including phenoxy) is 2. The number of nitriles is 1. The quantitative estimate of drug-likeness (QED) is 0.265.